The lowest BCUT2D eigenvalue weighted by molar-refractivity contribution is -0.141. The third-order valence-corrected chi connectivity index (χ3v) is 3.85. The van der Waals surface area contributed by atoms with Gasteiger partial charge in [0.15, 0.2) is 0 Å². The molecule has 1 aliphatic heterocycles. The number of likely N-dealkylation sites (N-methyl/N-ethyl adjacent to an activating group) is 1. The van der Waals surface area contributed by atoms with E-state index in [0.717, 1.165) is 12.8 Å². The highest BCUT2D eigenvalue weighted by molar-refractivity contribution is 5.81. The Morgan fingerprint density at radius 3 is 2.38 bits per heavy atom. The molecule has 7 heteroatoms. The number of carboxylic acids is 1. The van der Waals surface area contributed by atoms with Gasteiger partial charge in [0, 0.05) is 26.1 Å². The topological polar surface area (TPSA) is 87.2 Å². The zero-order chi connectivity index (χ0) is 15.8. The van der Waals surface area contributed by atoms with Crippen molar-refractivity contribution >= 4 is 18.0 Å². The summed E-state index contributed by atoms with van der Waals surface area (Å²) in [7, 11) is 1.30. The van der Waals surface area contributed by atoms with E-state index in [4.69, 9.17) is 5.11 Å². The van der Waals surface area contributed by atoms with E-state index in [1.54, 1.807) is 4.90 Å². The number of carbonyl (C=O) groups excluding carboxylic acids is 2. The highest BCUT2D eigenvalue weighted by atomic mass is 16.5. The van der Waals surface area contributed by atoms with Gasteiger partial charge in [-0.2, -0.15) is 0 Å². The molecular formula is C14H24N2O5. The lowest BCUT2D eigenvalue weighted by Gasteiger charge is -2.35. The number of rotatable bonds is 6. The maximum Gasteiger partial charge on any atom is 0.325 e. The van der Waals surface area contributed by atoms with E-state index in [1.807, 2.05) is 6.92 Å². The van der Waals surface area contributed by atoms with Crippen molar-refractivity contribution < 1.29 is 24.2 Å². The Bertz CT molecular complexity index is 378. The summed E-state index contributed by atoms with van der Waals surface area (Å²) in [6.45, 7) is 3.46. The van der Waals surface area contributed by atoms with Crippen molar-refractivity contribution in [2.75, 3.05) is 33.3 Å². The van der Waals surface area contributed by atoms with Crippen molar-refractivity contribution in [1.82, 2.24) is 9.80 Å². The number of likely N-dealkylation sites (tertiary alicyclic amines) is 1. The van der Waals surface area contributed by atoms with Crippen LogP contribution >= 0.6 is 0 Å². The molecular weight excluding hydrogens is 276 g/mol. The largest absolute Gasteiger partial charge is 0.481 e. The van der Waals surface area contributed by atoms with Crippen molar-refractivity contribution in [3.63, 3.8) is 0 Å². The van der Waals surface area contributed by atoms with E-state index in [-0.39, 0.29) is 19.0 Å². The van der Waals surface area contributed by atoms with Gasteiger partial charge in [0.05, 0.1) is 7.11 Å². The average molecular weight is 300 g/mol. The molecule has 7 nitrogen and oxygen atoms in total. The van der Waals surface area contributed by atoms with Crippen molar-refractivity contribution in [3.8, 4) is 0 Å². The zero-order valence-corrected chi connectivity index (χ0v) is 12.7. The summed E-state index contributed by atoms with van der Waals surface area (Å²) < 4.78 is 4.58. The second kappa shape index (κ2) is 8.49. The number of hydrogen-bond donors (Lipinski definition) is 1. The quantitative estimate of drug-likeness (QED) is 0.744. The Kier molecular flexibility index (Phi) is 6.98. The van der Waals surface area contributed by atoms with Gasteiger partial charge in [-0.25, -0.2) is 4.79 Å². The Balaban J connectivity index is 2.42. The fourth-order valence-corrected chi connectivity index (χ4v) is 2.48. The average Bonchev–Trinajstić information content (AvgIpc) is 2.50. The van der Waals surface area contributed by atoms with Crippen LogP contribution in [0.5, 0.6) is 0 Å². The molecule has 0 bridgehead atoms. The van der Waals surface area contributed by atoms with Gasteiger partial charge in [-0.05, 0) is 32.1 Å². The second-order valence-electron chi connectivity index (χ2n) is 5.24. The van der Waals surface area contributed by atoms with Gasteiger partial charge >= 0.3 is 18.0 Å². The SMILES string of the molecule is CCN(CC(=O)OC)C(=O)N1CCC(CCC(=O)O)CC1. The van der Waals surface area contributed by atoms with Gasteiger partial charge in [0.2, 0.25) is 0 Å². The molecule has 0 aliphatic carbocycles. The van der Waals surface area contributed by atoms with Crippen LogP contribution in [0.15, 0.2) is 0 Å². The van der Waals surface area contributed by atoms with Crippen LogP contribution in [0, 0.1) is 5.92 Å². The summed E-state index contributed by atoms with van der Waals surface area (Å²) in [4.78, 5) is 37.3. The van der Waals surface area contributed by atoms with Crippen LogP contribution in [0.2, 0.25) is 0 Å². The molecule has 1 saturated heterocycles. The van der Waals surface area contributed by atoms with Crippen LogP contribution in [0.3, 0.4) is 0 Å². The molecule has 0 atom stereocenters. The number of piperidine rings is 1. The molecule has 0 aromatic carbocycles. The molecule has 21 heavy (non-hydrogen) atoms. The van der Waals surface area contributed by atoms with E-state index < -0.39 is 11.9 Å². The number of methoxy groups -OCH3 is 1. The van der Waals surface area contributed by atoms with Crippen LogP contribution in [-0.4, -0.2) is 66.2 Å². The highest BCUT2D eigenvalue weighted by Crippen LogP contribution is 2.22. The number of amides is 2. The van der Waals surface area contributed by atoms with Crippen molar-refractivity contribution in [2.24, 2.45) is 5.92 Å². The van der Waals surface area contributed by atoms with E-state index >= 15 is 0 Å². The van der Waals surface area contributed by atoms with Crippen molar-refractivity contribution in [3.05, 3.63) is 0 Å². The first-order valence-electron chi connectivity index (χ1n) is 7.30. The number of nitrogens with zero attached hydrogens (tertiary/aromatic N) is 2. The van der Waals surface area contributed by atoms with Gasteiger partial charge in [0.1, 0.15) is 6.54 Å². The van der Waals surface area contributed by atoms with Crippen LogP contribution in [0.1, 0.15) is 32.6 Å². The van der Waals surface area contributed by atoms with Crippen molar-refractivity contribution in [2.45, 2.75) is 32.6 Å². The number of esters is 1. The van der Waals surface area contributed by atoms with Gasteiger partial charge in [-0.3, -0.25) is 9.59 Å². The summed E-state index contributed by atoms with van der Waals surface area (Å²) in [5.74, 6) is -0.842. The number of aliphatic carboxylic acids is 1. The first-order chi connectivity index (χ1) is 9.97. The van der Waals surface area contributed by atoms with Crippen molar-refractivity contribution in [1.29, 1.82) is 0 Å². The third-order valence-electron chi connectivity index (χ3n) is 3.85. The molecule has 1 rings (SSSR count). The summed E-state index contributed by atoms with van der Waals surface area (Å²) in [5, 5.41) is 8.68. The first kappa shape index (κ1) is 17.3. The molecule has 1 aliphatic rings. The second-order valence-corrected chi connectivity index (χ2v) is 5.24. The van der Waals surface area contributed by atoms with Gasteiger partial charge in [0.25, 0.3) is 0 Å². The molecule has 0 aromatic rings. The Morgan fingerprint density at radius 2 is 1.90 bits per heavy atom. The first-order valence-corrected chi connectivity index (χ1v) is 7.30. The highest BCUT2D eigenvalue weighted by Gasteiger charge is 2.27. The van der Waals surface area contributed by atoms with Gasteiger partial charge < -0.3 is 19.6 Å². The lowest BCUT2D eigenvalue weighted by atomic mass is 9.92. The summed E-state index contributed by atoms with van der Waals surface area (Å²) in [5.41, 5.74) is 0. The number of ether oxygens (including phenoxy) is 1. The molecule has 1 fully saturated rings. The number of carbonyl (C=O) groups is 3. The van der Waals surface area contributed by atoms with E-state index in [9.17, 15) is 14.4 Å². The van der Waals surface area contributed by atoms with Crippen LogP contribution in [-0.2, 0) is 14.3 Å². The van der Waals surface area contributed by atoms with Crippen LogP contribution in [0.25, 0.3) is 0 Å². The molecule has 0 unspecified atom stereocenters. The Hall–Kier alpha value is -1.79. The predicted octanol–water partition coefficient (Wildman–Crippen LogP) is 1.18. The van der Waals surface area contributed by atoms with E-state index in [1.165, 1.54) is 12.0 Å². The van der Waals surface area contributed by atoms with Crippen LogP contribution in [0.4, 0.5) is 4.79 Å². The molecule has 0 aromatic heterocycles. The standard InChI is InChI=1S/C14H24N2O5/c1-3-15(10-13(19)21-2)14(20)16-8-6-11(7-9-16)4-5-12(17)18/h11H,3-10H2,1-2H3,(H,17,18). The minimum Gasteiger partial charge on any atom is -0.481 e. The molecule has 1 heterocycles. The molecule has 120 valence electrons. The molecule has 0 spiro atoms. The van der Waals surface area contributed by atoms with Gasteiger partial charge in [-0.1, -0.05) is 0 Å². The monoisotopic (exact) mass is 300 g/mol. The summed E-state index contributed by atoms with van der Waals surface area (Å²) >= 11 is 0. The van der Waals surface area contributed by atoms with E-state index in [0.29, 0.717) is 32.0 Å². The smallest absolute Gasteiger partial charge is 0.325 e. The summed E-state index contributed by atoms with van der Waals surface area (Å²) in [6.07, 6.45) is 2.47. The fraction of sp³-hybridized carbons (Fsp3) is 0.786. The predicted molar refractivity (Wildman–Crippen MR) is 75.8 cm³/mol. The van der Waals surface area contributed by atoms with Crippen LogP contribution < -0.4 is 0 Å². The normalized spacial score (nSPS) is 15.6. The fourth-order valence-electron chi connectivity index (χ4n) is 2.48. The molecule has 0 radical (unpaired) electrons. The Labute approximate surface area is 124 Å². The molecule has 0 saturated carbocycles. The summed E-state index contributed by atoms with van der Waals surface area (Å²) in [6, 6.07) is -0.153. The maximum atomic E-state index is 12.3. The van der Waals surface area contributed by atoms with E-state index in [2.05, 4.69) is 4.74 Å². The van der Waals surface area contributed by atoms with Gasteiger partial charge in [-0.15, -0.1) is 0 Å². The number of urea groups is 1. The minimum atomic E-state index is -0.774. The number of hydrogen-bond acceptors (Lipinski definition) is 4. The third kappa shape index (κ3) is 5.61. The lowest BCUT2D eigenvalue weighted by Crippen LogP contribution is -2.48. The Morgan fingerprint density at radius 1 is 1.29 bits per heavy atom. The minimum absolute atomic E-state index is 0.0369. The zero-order valence-electron chi connectivity index (χ0n) is 12.7. The molecule has 2 amide bonds. The maximum absolute atomic E-state index is 12.3. The number of carboxylic acid groups (broad SMARTS) is 1. The molecule has 1 N–H and O–H groups in total.